The van der Waals surface area contributed by atoms with Crippen LogP contribution in [0.4, 0.5) is 5.82 Å². The molecule has 1 aromatic rings. The first kappa shape index (κ1) is 13.0. The third-order valence-electron chi connectivity index (χ3n) is 2.55. The number of aromatic nitrogens is 1. The quantitative estimate of drug-likeness (QED) is 0.828. The molecular weight excluding hydrogens is 198 g/mol. The number of pyridine rings is 1. The highest BCUT2D eigenvalue weighted by Gasteiger charge is 2.07. The summed E-state index contributed by atoms with van der Waals surface area (Å²) in [6.07, 6.45) is 0.955. The first-order chi connectivity index (χ1) is 7.56. The maximum absolute atomic E-state index is 5.70. The van der Waals surface area contributed by atoms with E-state index in [4.69, 9.17) is 5.73 Å². The summed E-state index contributed by atoms with van der Waals surface area (Å²) >= 11 is 0. The van der Waals surface area contributed by atoms with Gasteiger partial charge in [0.2, 0.25) is 0 Å². The molecule has 16 heavy (non-hydrogen) atoms. The van der Waals surface area contributed by atoms with Crippen molar-refractivity contribution in [3.8, 4) is 0 Å². The van der Waals surface area contributed by atoms with Crippen molar-refractivity contribution in [1.82, 2.24) is 4.98 Å². The van der Waals surface area contributed by atoms with Crippen molar-refractivity contribution < 1.29 is 0 Å². The lowest BCUT2D eigenvalue weighted by molar-refractivity contribution is 0.633. The van der Waals surface area contributed by atoms with Gasteiger partial charge < -0.3 is 10.6 Å². The van der Waals surface area contributed by atoms with Gasteiger partial charge in [0.05, 0.1) is 0 Å². The molecule has 0 atom stereocenters. The molecule has 0 amide bonds. The Morgan fingerprint density at radius 1 is 1.38 bits per heavy atom. The van der Waals surface area contributed by atoms with Gasteiger partial charge in [-0.25, -0.2) is 4.98 Å². The van der Waals surface area contributed by atoms with Crippen molar-refractivity contribution in [3.05, 3.63) is 23.4 Å². The molecule has 0 aliphatic heterocycles. The molecule has 0 aromatic carbocycles. The first-order valence-corrected chi connectivity index (χ1v) is 5.97. The van der Waals surface area contributed by atoms with Gasteiger partial charge in [-0.2, -0.15) is 0 Å². The van der Waals surface area contributed by atoms with Crippen LogP contribution < -0.4 is 10.6 Å². The fourth-order valence-electron chi connectivity index (χ4n) is 1.77. The smallest absolute Gasteiger partial charge is 0.128 e. The third kappa shape index (κ3) is 3.49. The molecule has 0 unspecified atom stereocenters. The van der Waals surface area contributed by atoms with Crippen LogP contribution in [0.25, 0.3) is 0 Å². The Morgan fingerprint density at radius 3 is 2.56 bits per heavy atom. The number of anilines is 1. The molecule has 3 heteroatoms. The van der Waals surface area contributed by atoms with E-state index >= 15 is 0 Å². The minimum absolute atomic E-state index is 0.581. The monoisotopic (exact) mass is 221 g/mol. The molecule has 1 aromatic heterocycles. The Bertz CT molecular complexity index is 312. The fraction of sp³-hybridized carbons (Fsp3) is 0.615. The summed E-state index contributed by atoms with van der Waals surface area (Å²) in [6, 6.07) is 4.17. The molecule has 0 radical (unpaired) electrons. The van der Waals surface area contributed by atoms with Crippen molar-refractivity contribution in [3.63, 3.8) is 0 Å². The van der Waals surface area contributed by atoms with Crippen LogP contribution in [0.15, 0.2) is 12.1 Å². The van der Waals surface area contributed by atoms with Gasteiger partial charge >= 0.3 is 0 Å². The summed E-state index contributed by atoms with van der Waals surface area (Å²) in [5.74, 6) is 1.67. The molecule has 0 spiro atoms. The van der Waals surface area contributed by atoms with Gasteiger partial charge in [0.15, 0.2) is 0 Å². The molecule has 90 valence electrons. The Kier molecular flexibility index (Phi) is 4.74. The molecule has 2 N–H and O–H groups in total. The Hall–Kier alpha value is -1.09. The zero-order valence-electron chi connectivity index (χ0n) is 10.8. The van der Waals surface area contributed by atoms with Crippen LogP contribution in [0.2, 0.25) is 0 Å². The van der Waals surface area contributed by atoms with Crippen molar-refractivity contribution in [2.24, 2.45) is 11.7 Å². The van der Waals surface area contributed by atoms with E-state index in [0.717, 1.165) is 30.0 Å². The normalized spacial score (nSPS) is 10.9. The lowest BCUT2D eigenvalue weighted by Crippen LogP contribution is -2.24. The van der Waals surface area contributed by atoms with Gasteiger partial charge in [0.25, 0.3) is 0 Å². The van der Waals surface area contributed by atoms with Crippen LogP contribution in [0.1, 0.15) is 32.0 Å². The summed E-state index contributed by atoms with van der Waals surface area (Å²) in [6.45, 7) is 8.14. The highest BCUT2D eigenvalue weighted by molar-refractivity contribution is 5.42. The van der Waals surface area contributed by atoms with E-state index in [1.54, 1.807) is 0 Å². The van der Waals surface area contributed by atoms with Gasteiger partial charge in [-0.1, -0.05) is 20.8 Å². The summed E-state index contributed by atoms with van der Waals surface area (Å²) in [5, 5.41) is 0. The third-order valence-corrected chi connectivity index (χ3v) is 2.55. The molecule has 0 saturated heterocycles. The second kappa shape index (κ2) is 5.85. The fourth-order valence-corrected chi connectivity index (χ4v) is 1.77. The standard InChI is InChI=1S/C13H23N3/c1-5-12-6-11(8-14)7-13(15-12)16(4)9-10(2)3/h6-7,10H,5,8-9,14H2,1-4H3. The maximum Gasteiger partial charge on any atom is 0.128 e. The van der Waals surface area contributed by atoms with E-state index in [0.29, 0.717) is 12.5 Å². The van der Waals surface area contributed by atoms with Crippen LogP contribution >= 0.6 is 0 Å². The van der Waals surface area contributed by atoms with E-state index in [2.05, 4.69) is 49.8 Å². The number of hydrogen-bond donors (Lipinski definition) is 1. The SMILES string of the molecule is CCc1cc(CN)cc(N(C)CC(C)C)n1. The van der Waals surface area contributed by atoms with E-state index in [9.17, 15) is 0 Å². The predicted octanol–water partition coefficient (Wildman–Crippen LogP) is 2.19. The molecule has 1 heterocycles. The molecule has 0 bridgehead atoms. The number of rotatable bonds is 5. The Balaban J connectivity index is 2.93. The molecule has 0 saturated carbocycles. The van der Waals surface area contributed by atoms with E-state index < -0.39 is 0 Å². The summed E-state index contributed by atoms with van der Waals surface area (Å²) in [4.78, 5) is 6.82. The van der Waals surface area contributed by atoms with E-state index in [1.807, 2.05) is 0 Å². The summed E-state index contributed by atoms with van der Waals surface area (Å²) < 4.78 is 0. The molecular formula is C13H23N3. The number of nitrogens with two attached hydrogens (primary N) is 1. The van der Waals surface area contributed by atoms with Crippen molar-refractivity contribution in [2.75, 3.05) is 18.5 Å². The Morgan fingerprint density at radius 2 is 2.06 bits per heavy atom. The number of hydrogen-bond acceptors (Lipinski definition) is 3. The van der Waals surface area contributed by atoms with Crippen LogP contribution in [0.3, 0.4) is 0 Å². The molecule has 0 aliphatic rings. The number of nitrogens with zero attached hydrogens (tertiary/aromatic N) is 2. The van der Waals surface area contributed by atoms with E-state index in [1.165, 1.54) is 0 Å². The first-order valence-electron chi connectivity index (χ1n) is 5.97. The van der Waals surface area contributed by atoms with Crippen molar-refractivity contribution in [1.29, 1.82) is 0 Å². The minimum atomic E-state index is 0.581. The van der Waals surface area contributed by atoms with Crippen LogP contribution in [-0.2, 0) is 13.0 Å². The van der Waals surface area contributed by atoms with Crippen LogP contribution in [-0.4, -0.2) is 18.6 Å². The minimum Gasteiger partial charge on any atom is -0.359 e. The van der Waals surface area contributed by atoms with Crippen molar-refractivity contribution in [2.45, 2.75) is 33.7 Å². The van der Waals surface area contributed by atoms with Gasteiger partial charge in [-0.3, -0.25) is 0 Å². The second-order valence-corrected chi connectivity index (χ2v) is 4.66. The average molecular weight is 221 g/mol. The predicted molar refractivity (Wildman–Crippen MR) is 69.6 cm³/mol. The van der Waals surface area contributed by atoms with Crippen LogP contribution in [0, 0.1) is 5.92 Å². The maximum atomic E-state index is 5.70. The lowest BCUT2D eigenvalue weighted by Gasteiger charge is -2.21. The number of aryl methyl sites for hydroxylation is 1. The summed E-state index contributed by atoms with van der Waals surface area (Å²) in [5.41, 5.74) is 7.98. The van der Waals surface area contributed by atoms with Gasteiger partial charge in [-0.05, 0) is 30.0 Å². The largest absolute Gasteiger partial charge is 0.359 e. The van der Waals surface area contributed by atoms with Crippen LogP contribution in [0.5, 0.6) is 0 Å². The Labute approximate surface area is 98.7 Å². The topological polar surface area (TPSA) is 42.1 Å². The van der Waals surface area contributed by atoms with Gasteiger partial charge in [-0.15, -0.1) is 0 Å². The van der Waals surface area contributed by atoms with Gasteiger partial charge in [0, 0.05) is 25.8 Å². The zero-order valence-corrected chi connectivity index (χ0v) is 10.8. The highest BCUT2D eigenvalue weighted by Crippen LogP contribution is 2.15. The second-order valence-electron chi connectivity index (χ2n) is 4.66. The zero-order chi connectivity index (χ0) is 12.1. The molecule has 0 fully saturated rings. The summed E-state index contributed by atoms with van der Waals surface area (Å²) in [7, 11) is 2.09. The van der Waals surface area contributed by atoms with Crippen molar-refractivity contribution >= 4 is 5.82 Å². The molecule has 3 nitrogen and oxygen atoms in total. The lowest BCUT2D eigenvalue weighted by atomic mass is 10.1. The average Bonchev–Trinajstić information content (AvgIpc) is 2.27. The molecule has 0 aliphatic carbocycles. The molecule has 1 rings (SSSR count). The van der Waals surface area contributed by atoms with Gasteiger partial charge in [0.1, 0.15) is 5.82 Å². The van der Waals surface area contributed by atoms with E-state index in [-0.39, 0.29) is 0 Å². The highest BCUT2D eigenvalue weighted by atomic mass is 15.2.